The van der Waals surface area contributed by atoms with Crippen LogP contribution in [0.15, 0.2) is 133 Å². The number of benzene rings is 4. The first-order valence-corrected chi connectivity index (χ1v) is 11.5. The van der Waals surface area contributed by atoms with Gasteiger partial charge in [-0.2, -0.15) is 0 Å². The van der Waals surface area contributed by atoms with Crippen LogP contribution in [0.4, 0.5) is 0 Å². The lowest BCUT2D eigenvalue weighted by Crippen LogP contribution is -2.17. The largest absolute Gasteiger partial charge is 0.485 e. The molecule has 0 spiro atoms. The lowest BCUT2D eigenvalue weighted by molar-refractivity contribution is 0.418. The molecular formula is C31H25BO2. The summed E-state index contributed by atoms with van der Waals surface area (Å²) in [5.41, 5.74) is 8.76. The van der Waals surface area contributed by atoms with Gasteiger partial charge in [-0.3, -0.25) is 0 Å². The SMILES string of the molecule is OB(O)C1=C(c2ccccc2)C(c2ccccc2)=C(c2ccccc2)C(c2ccccc2)=CC1. The summed E-state index contributed by atoms with van der Waals surface area (Å²) in [7, 11) is -1.57. The van der Waals surface area contributed by atoms with Gasteiger partial charge in [0.15, 0.2) is 0 Å². The van der Waals surface area contributed by atoms with E-state index in [1.54, 1.807) is 0 Å². The van der Waals surface area contributed by atoms with E-state index in [2.05, 4.69) is 42.5 Å². The average Bonchev–Trinajstić information content (AvgIpc) is 3.08. The molecule has 3 heteroatoms. The Labute approximate surface area is 201 Å². The number of hydrogen-bond donors (Lipinski definition) is 2. The first-order chi connectivity index (χ1) is 16.7. The lowest BCUT2D eigenvalue weighted by Gasteiger charge is -2.22. The fraction of sp³-hybridized carbons (Fsp3) is 0.0323. The highest BCUT2D eigenvalue weighted by atomic mass is 16.4. The monoisotopic (exact) mass is 440 g/mol. The summed E-state index contributed by atoms with van der Waals surface area (Å²) in [5, 5.41) is 21.1. The van der Waals surface area contributed by atoms with Crippen molar-refractivity contribution in [2.75, 3.05) is 0 Å². The van der Waals surface area contributed by atoms with Gasteiger partial charge in [0.05, 0.1) is 0 Å². The molecule has 5 rings (SSSR count). The molecule has 0 fully saturated rings. The molecule has 1 aliphatic rings. The Morgan fingerprint density at radius 3 is 1.26 bits per heavy atom. The van der Waals surface area contributed by atoms with Crippen LogP contribution in [0.3, 0.4) is 0 Å². The minimum Gasteiger partial charge on any atom is -0.423 e. The molecule has 0 amide bonds. The molecule has 0 aromatic heterocycles. The molecule has 4 aromatic rings. The highest BCUT2D eigenvalue weighted by Crippen LogP contribution is 2.47. The van der Waals surface area contributed by atoms with E-state index in [0.29, 0.717) is 11.9 Å². The normalized spacial score (nSPS) is 14.0. The third-order valence-corrected chi connectivity index (χ3v) is 6.20. The summed E-state index contributed by atoms with van der Waals surface area (Å²) in [6, 6.07) is 41.0. The van der Waals surface area contributed by atoms with Gasteiger partial charge in [0, 0.05) is 0 Å². The van der Waals surface area contributed by atoms with Crippen molar-refractivity contribution in [3.05, 3.63) is 155 Å². The summed E-state index contributed by atoms with van der Waals surface area (Å²) in [6.45, 7) is 0. The maximum atomic E-state index is 10.6. The Bertz CT molecular complexity index is 1350. The second kappa shape index (κ2) is 9.92. The first kappa shape index (κ1) is 21.9. The predicted octanol–water partition coefficient (Wildman–Crippen LogP) is 6.55. The molecule has 4 aromatic carbocycles. The van der Waals surface area contributed by atoms with Crippen LogP contribution in [-0.2, 0) is 0 Å². The minimum atomic E-state index is -1.57. The van der Waals surface area contributed by atoms with E-state index in [4.69, 9.17) is 0 Å². The van der Waals surface area contributed by atoms with Crippen molar-refractivity contribution in [2.24, 2.45) is 0 Å². The molecular weight excluding hydrogens is 415 g/mol. The van der Waals surface area contributed by atoms with Crippen LogP contribution in [0.5, 0.6) is 0 Å². The molecule has 0 atom stereocenters. The van der Waals surface area contributed by atoms with Crippen molar-refractivity contribution < 1.29 is 10.0 Å². The molecule has 0 heterocycles. The van der Waals surface area contributed by atoms with E-state index in [1.807, 2.05) is 84.9 Å². The van der Waals surface area contributed by atoms with Gasteiger partial charge in [0.2, 0.25) is 0 Å². The number of rotatable bonds is 5. The summed E-state index contributed by atoms with van der Waals surface area (Å²) in [6.07, 6.45) is 2.56. The zero-order chi connectivity index (χ0) is 23.3. The third-order valence-electron chi connectivity index (χ3n) is 6.20. The lowest BCUT2D eigenvalue weighted by atomic mass is 9.70. The number of allylic oxidation sites excluding steroid dienone is 6. The summed E-state index contributed by atoms with van der Waals surface area (Å²) >= 11 is 0. The van der Waals surface area contributed by atoms with Gasteiger partial charge in [-0.05, 0) is 56.4 Å². The van der Waals surface area contributed by atoms with Crippen molar-refractivity contribution in [2.45, 2.75) is 6.42 Å². The van der Waals surface area contributed by atoms with Gasteiger partial charge in [-0.25, -0.2) is 0 Å². The van der Waals surface area contributed by atoms with Gasteiger partial charge in [0.1, 0.15) is 0 Å². The van der Waals surface area contributed by atoms with E-state index in [9.17, 15) is 10.0 Å². The molecule has 1 aliphatic carbocycles. The van der Waals surface area contributed by atoms with E-state index in [1.165, 1.54) is 0 Å². The fourth-order valence-electron chi connectivity index (χ4n) is 4.68. The standard InChI is InChI=1S/C31H25BO2/c33-32(34)28-22-21-27(23-13-5-1-6-14-23)29(24-15-7-2-8-16-24)31(26-19-11-4-12-20-26)30(28)25-17-9-3-10-18-25/h1-21,33-34H,22H2. The van der Waals surface area contributed by atoms with Gasteiger partial charge in [0.25, 0.3) is 0 Å². The van der Waals surface area contributed by atoms with Crippen molar-refractivity contribution in [3.63, 3.8) is 0 Å². The van der Waals surface area contributed by atoms with Gasteiger partial charge in [-0.1, -0.05) is 127 Å². The third kappa shape index (κ3) is 4.32. The van der Waals surface area contributed by atoms with Gasteiger partial charge in [-0.15, -0.1) is 0 Å². The Morgan fingerprint density at radius 1 is 0.441 bits per heavy atom. The highest BCUT2D eigenvalue weighted by Gasteiger charge is 2.29. The predicted molar refractivity (Wildman–Crippen MR) is 142 cm³/mol. The summed E-state index contributed by atoms with van der Waals surface area (Å²) in [4.78, 5) is 0. The van der Waals surface area contributed by atoms with Gasteiger partial charge >= 0.3 is 7.12 Å². The maximum absolute atomic E-state index is 10.6. The highest BCUT2D eigenvalue weighted by molar-refractivity contribution is 6.54. The van der Waals surface area contributed by atoms with Crippen LogP contribution in [0.25, 0.3) is 22.3 Å². The van der Waals surface area contributed by atoms with Crippen LogP contribution in [0.1, 0.15) is 28.7 Å². The van der Waals surface area contributed by atoms with E-state index < -0.39 is 7.12 Å². The molecule has 0 bridgehead atoms. The van der Waals surface area contributed by atoms with Crippen molar-refractivity contribution in [1.82, 2.24) is 0 Å². The Kier molecular flexibility index (Phi) is 6.39. The van der Waals surface area contributed by atoms with Crippen molar-refractivity contribution in [1.29, 1.82) is 0 Å². The van der Waals surface area contributed by atoms with Crippen LogP contribution in [-0.4, -0.2) is 17.2 Å². The molecule has 2 N–H and O–H groups in total. The average molecular weight is 440 g/mol. The fourth-order valence-corrected chi connectivity index (χ4v) is 4.68. The zero-order valence-corrected chi connectivity index (χ0v) is 18.8. The molecule has 34 heavy (non-hydrogen) atoms. The molecule has 0 unspecified atom stereocenters. The van der Waals surface area contributed by atoms with Crippen LogP contribution >= 0.6 is 0 Å². The van der Waals surface area contributed by atoms with Gasteiger partial charge < -0.3 is 10.0 Å². The Hall–Kier alpha value is -3.92. The van der Waals surface area contributed by atoms with Crippen LogP contribution in [0, 0.1) is 0 Å². The minimum absolute atomic E-state index is 0.429. The molecule has 2 nitrogen and oxygen atoms in total. The van der Waals surface area contributed by atoms with Crippen LogP contribution < -0.4 is 0 Å². The van der Waals surface area contributed by atoms with E-state index in [-0.39, 0.29) is 0 Å². The van der Waals surface area contributed by atoms with Crippen molar-refractivity contribution >= 4 is 29.4 Å². The van der Waals surface area contributed by atoms with E-state index in [0.717, 1.165) is 44.5 Å². The molecule has 164 valence electrons. The van der Waals surface area contributed by atoms with Crippen molar-refractivity contribution in [3.8, 4) is 0 Å². The second-order valence-corrected chi connectivity index (χ2v) is 8.31. The maximum Gasteiger partial charge on any atom is 0.485 e. The topological polar surface area (TPSA) is 40.5 Å². The first-order valence-electron chi connectivity index (χ1n) is 11.5. The molecule has 0 saturated carbocycles. The summed E-state index contributed by atoms with van der Waals surface area (Å²) < 4.78 is 0. The van der Waals surface area contributed by atoms with E-state index >= 15 is 0 Å². The summed E-state index contributed by atoms with van der Waals surface area (Å²) in [5.74, 6) is 0. The molecule has 0 aliphatic heterocycles. The Balaban J connectivity index is 1.94. The Morgan fingerprint density at radius 2 is 0.824 bits per heavy atom. The quantitative estimate of drug-likeness (QED) is 0.346. The second-order valence-electron chi connectivity index (χ2n) is 8.31. The molecule has 0 radical (unpaired) electrons. The smallest absolute Gasteiger partial charge is 0.423 e. The number of hydrogen-bond acceptors (Lipinski definition) is 2. The zero-order valence-electron chi connectivity index (χ0n) is 18.8. The molecule has 0 saturated heterocycles. The van der Waals surface area contributed by atoms with Crippen LogP contribution in [0.2, 0.25) is 0 Å².